The zero-order valence-electron chi connectivity index (χ0n) is 21.1. The fourth-order valence-corrected chi connectivity index (χ4v) is 4.70. The van der Waals surface area contributed by atoms with Crippen LogP contribution < -0.4 is 19.9 Å². The van der Waals surface area contributed by atoms with Crippen LogP contribution in [0.1, 0.15) is 22.3 Å². The summed E-state index contributed by atoms with van der Waals surface area (Å²) in [7, 11) is 1.60. The number of fused-ring (bicyclic) bond motifs is 3. The van der Waals surface area contributed by atoms with Crippen LogP contribution in [0.3, 0.4) is 0 Å². The average molecular weight is 568 g/mol. The van der Waals surface area contributed by atoms with Gasteiger partial charge in [-0.15, -0.1) is 0 Å². The van der Waals surface area contributed by atoms with Crippen LogP contribution in [0.15, 0.2) is 65.5 Å². The van der Waals surface area contributed by atoms with Crippen LogP contribution in [0.5, 0.6) is 23.1 Å². The number of hydrogen-bond donors (Lipinski definition) is 0. The molecule has 40 heavy (non-hydrogen) atoms. The van der Waals surface area contributed by atoms with Crippen LogP contribution in [0, 0.1) is 11.3 Å². The minimum Gasteiger partial charge on any atom is -0.497 e. The topological polar surface area (TPSA) is 86.4 Å². The molecule has 7 nitrogen and oxygen atoms in total. The molecule has 0 N–H and O–H groups in total. The summed E-state index contributed by atoms with van der Waals surface area (Å²) in [6, 6.07) is 17.3. The lowest BCUT2D eigenvalue weighted by Crippen LogP contribution is -2.28. The SMILES string of the molecule is COc1ccc2c(c1)CCn1c-2cc(OCCc2ccc(Oc3ccc(Cl)c(C(F)(F)F)c3)c(C#N)c2)nc1=O. The predicted octanol–water partition coefficient (Wildman–Crippen LogP) is 6.43. The molecule has 4 aromatic rings. The summed E-state index contributed by atoms with van der Waals surface area (Å²) in [5, 5.41) is 9.14. The highest BCUT2D eigenvalue weighted by Gasteiger charge is 2.33. The Labute approximate surface area is 231 Å². The Morgan fingerprint density at radius 1 is 1.07 bits per heavy atom. The molecular weight excluding hydrogens is 547 g/mol. The second-order valence-corrected chi connectivity index (χ2v) is 9.38. The number of halogens is 4. The van der Waals surface area contributed by atoms with E-state index in [1.165, 1.54) is 12.1 Å². The van der Waals surface area contributed by atoms with E-state index in [2.05, 4.69) is 4.98 Å². The van der Waals surface area contributed by atoms with Gasteiger partial charge in [0.1, 0.15) is 23.3 Å². The van der Waals surface area contributed by atoms with Gasteiger partial charge in [-0.2, -0.15) is 23.4 Å². The maximum Gasteiger partial charge on any atom is 0.417 e. The smallest absolute Gasteiger partial charge is 0.417 e. The largest absolute Gasteiger partial charge is 0.497 e. The first kappa shape index (κ1) is 27.1. The number of ether oxygens (including phenoxy) is 3. The molecule has 3 aromatic carbocycles. The Bertz CT molecular complexity index is 1700. The van der Waals surface area contributed by atoms with E-state index in [9.17, 15) is 23.2 Å². The molecule has 204 valence electrons. The third-order valence-corrected chi connectivity index (χ3v) is 6.79. The highest BCUT2D eigenvalue weighted by Crippen LogP contribution is 2.38. The van der Waals surface area contributed by atoms with Gasteiger partial charge in [0.05, 0.1) is 35.6 Å². The fraction of sp³-hybridized carbons (Fsp3) is 0.207. The van der Waals surface area contributed by atoms with Gasteiger partial charge in [0, 0.05) is 24.6 Å². The maximum absolute atomic E-state index is 13.2. The van der Waals surface area contributed by atoms with Crippen LogP contribution in [0.25, 0.3) is 11.3 Å². The summed E-state index contributed by atoms with van der Waals surface area (Å²) in [6.45, 7) is 0.670. The van der Waals surface area contributed by atoms with Gasteiger partial charge < -0.3 is 14.2 Å². The first-order valence-corrected chi connectivity index (χ1v) is 12.5. The molecule has 5 rings (SSSR count). The lowest BCUT2D eigenvalue weighted by molar-refractivity contribution is -0.137. The van der Waals surface area contributed by atoms with Gasteiger partial charge in [-0.3, -0.25) is 4.57 Å². The van der Waals surface area contributed by atoms with Crippen molar-refractivity contribution in [1.82, 2.24) is 9.55 Å². The van der Waals surface area contributed by atoms with Crippen LogP contribution in [-0.2, 0) is 25.6 Å². The zero-order valence-corrected chi connectivity index (χ0v) is 21.8. The van der Waals surface area contributed by atoms with E-state index in [0.29, 0.717) is 25.1 Å². The van der Waals surface area contributed by atoms with Crippen molar-refractivity contribution in [2.45, 2.75) is 25.6 Å². The predicted molar refractivity (Wildman–Crippen MR) is 141 cm³/mol. The molecule has 11 heteroatoms. The fourth-order valence-electron chi connectivity index (χ4n) is 4.48. The van der Waals surface area contributed by atoms with E-state index in [0.717, 1.165) is 34.6 Å². The lowest BCUT2D eigenvalue weighted by Gasteiger charge is -2.22. The summed E-state index contributed by atoms with van der Waals surface area (Å²) in [6.07, 6.45) is -3.58. The molecule has 0 bridgehead atoms. The lowest BCUT2D eigenvalue weighted by atomic mass is 9.97. The van der Waals surface area contributed by atoms with E-state index in [1.54, 1.807) is 29.9 Å². The maximum atomic E-state index is 13.2. The van der Waals surface area contributed by atoms with Crippen LogP contribution in [-0.4, -0.2) is 23.3 Å². The van der Waals surface area contributed by atoms with Gasteiger partial charge in [-0.25, -0.2) is 4.79 Å². The molecule has 1 aliphatic rings. The highest BCUT2D eigenvalue weighted by atomic mass is 35.5. The second kappa shape index (κ2) is 10.9. The molecule has 0 unspecified atom stereocenters. The van der Waals surface area contributed by atoms with E-state index in [4.69, 9.17) is 25.8 Å². The first-order valence-electron chi connectivity index (χ1n) is 12.2. The molecular formula is C29H21ClF3N3O4. The van der Waals surface area contributed by atoms with Crippen LogP contribution >= 0.6 is 11.6 Å². The quantitative estimate of drug-likeness (QED) is 0.256. The summed E-state index contributed by atoms with van der Waals surface area (Å²) >= 11 is 5.67. The van der Waals surface area contributed by atoms with Gasteiger partial charge in [0.25, 0.3) is 0 Å². The van der Waals surface area contributed by atoms with E-state index < -0.39 is 22.5 Å². The third kappa shape index (κ3) is 5.60. The Morgan fingerprint density at radius 3 is 2.62 bits per heavy atom. The van der Waals surface area contributed by atoms with Crippen molar-refractivity contribution in [1.29, 1.82) is 5.26 Å². The van der Waals surface area contributed by atoms with E-state index >= 15 is 0 Å². The van der Waals surface area contributed by atoms with E-state index in [-0.39, 0.29) is 29.5 Å². The van der Waals surface area contributed by atoms with Gasteiger partial charge in [0.2, 0.25) is 5.88 Å². The Morgan fingerprint density at radius 2 is 1.88 bits per heavy atom. The molecule has 1 aliphatic heterocycles. The molecule has 0 aliphatic carbocycles. The van der Waals surface area contributed by atoms with Crippen molar-refractivity contribution < 1.29 is 27.4 Å². The number of nitrogens with zero attached hydrogens (tertiary/aromatic N) is 3. The summed E-state index contributed by atoms with van der Waals surface area (Å²) < 4.78 is 57.8. The number of benzene rings is 3. The Hall–Kier alpha value is -4.49. The van der Waals surface area contributed by atoms with E-state index in [1.807, 2.05) is 24.3 Å². The number of alkyl halides is 3. The normalized spacial score (nSPS) is 12.2. The Kier molecular flexibility index (Phi) is 7.41. The van der Waals surface area contributed by atoms with Crippen molar-refractivity contribution in [3.05, 3.63) is 98.4 Å². The van der Waals surface area contributed by atoms with Crippen LogP contribution in [0.2, 0.25) is 5.02 Å². The second-order valence-electron chi connectivity index (χ2n) is 8.97. The number of hydrogen-bond acceptors (Lipinski definition) is 6. The monoisotopic (exact) mass is 567 g/mol. The van der Waals surface area contributed by atoms with Crippen molar-refractivity contribution >= 4 is 11.6 Å². The van der Waals surface area contributed by atoms with Gasteiger partial charge in [0.15, 0.2) is 0 Å². The van der Waals surface area contributed by atoms with Crippen molar-refractivity contribution in [2.75, 3.05) is 13.7 Å². The van der Waals surface area contributed by atoms with Crippen molar-refractivity contribution in [3.63, 3.8) is 0 Å². The van der Waals surface area contributed by atoms with Crippen molar-refractivity contribution in [3.8, 4) is 40.5 Å². The molecule has 0 spiro atoms. The van der Waals surface area contributed by atoms with Gasteiger partial charge >= 0.3 is 11.9 Å². The van der Waals surface area contributed by atoms with Crippen molar-refractivity contribution in [2.24, 2.45) is 0 Å². The minimum atomic E-state index is -4.65. The zero-order chi connectivity index (χ0) is 28.4. The number of aryl methyl sites for hydroxylation is 1. The third-order valence-electron chi connectivity index (χ3n) is 6.46. The molecule has 2 heterocycles. The van der Waals surface area contributed by atoms with Gasteiger partial charge in [-0.05, 0) is 66.1 Å². The molecule has 0 saturated carbocycles. The number of rotatable bonds is 7. The molecule has 0 atom stereocenters. The molecule has 1 aromatic heterocycles. The van der Waals surface area contributed by atoms with Crippen LogP contribution in [0.4, 0.5) is 13.2 Å². The number of aromatic nitrogens is 2. The first-order chi connectivity index (χ1) is 19.2. The number of methoxy groups -OCH3 is 1. The average Bonchev–Trinajstić information content (AvgIpc) is 2.93. The summed E-state index contributed by atoms with van der Waals surface area (Å²) in [4.78, 5) is 16.7. The molecule has 0 saturated heterocycles. The summed E-state index contributed by atoms with van der Waals surface area (Å²) in [5.41, 5.74) is 2.12. The molecule has 0 amide bonds. The molecule has 0 radical (unpaired) electrons. The molecule has 0 fully saturated rings. The summed E-state index contributed by atoms with van der Waals surface area (Å²) in [5.74, 6) is 0.924. The van der Waals surface area contributed by atoms with Gasteiger partial charge in [-0.1, -0.05) is 17.7 Å². The highest BCUT2D eigenvalue weighted by molar-refractivity contribution is 6.31. The number of nitriles is 1. The minimum absolute atomic E-state index is 0.0993. The standard InChI is InChI=1S/C29H21ClF3N3O4/c1-38-20-3-5-22-18(13-20)8-10-36-25(22)15-27(35-28(36)37)39-11-9-17-2-7-26(19(12-17)16-34)40-21-4-6-24(30)23(14-21)29(31,32)33/h2-7,12-15H,8-11H2,1H3. The Balaban J connectivity index is 1.29.